The number of hydrogen-bond acceptors (Lipinski definition) is 2. The summed E-state index contributed by atoms with van der Waals surface area (Å²) in [7, 11) is 3.73. The van der Waals surface area contributed by atoms with Crippen LogP contribution in [0.1, 0.15) is 30.4 Å². The summed E-state index contributed by atoms with van der Waals surface area (Å²) in [5.74, 6) is 1.54. The van der Waals surface area contributed by atoms with E-state index in [0.717, 1.165) is 18.7 Å². The molecule has 0 aliphatic carbocycles. The molecule has 0 aromatic heterocycles. The van der Waals surface area contributed by atoms with Gasteiger partial charge >= 0.3 is 0 Å². The SMILES string of the molecule is CCC(CNC)c1ccc(C)cc1OC. The molecule has 15 heavy (non-hydrogen) atoms. The van der Waals surface area contributed by atoms with Crippen molar-refractivity contribution >= 4 is 0 Å². The molecular formula is C13H21NO. The summed E-state index contributed by atoms with van der Waals surface area (Å²) >= 11 is 0. The van der Waals surface area contributed by atoms with E-state index in [1.165, 1.54) is 11.1 Å². The lowest BCUT2D eigenvalue weighted by atomic mass is 9.94. The lowest BCUT2D eigenvalue weighted by Crippen LogP contribution is -2.17. The van der Waals surface area contributed by atoms with Crippen LogP contribution in [0.4, 0.5) is 0 Å². The van der Waals surface area contributed by atoms with Gasteiger partial charge in [-0.25, -0.2) is 0 Å². The van der Waals surface area contributed by atoms with Crippen LogP contribution in [0.2, 0.25) is 0 Å². The molecule has 1 unspecified atom stereocenters. The van der Waals surface area contributed by atoms with Gasteiger partial charge in [0.1, 0.15) is 5.75 Å². The third kappa shape index (κ3) is 2.96. The van der Waals surface area contributed by atoms with Crippen molar-refractivity contribution in [2.75, 3.05) is 20.7 Å². The third-order valence-electron chi connectivity index (χ3n) is 2.77. The van der Waals surface area contributed by atoms with Crippen LogP contribution in [0.3, 0.4) is 0 Å². The van der Waals surface area contributed by atoms with Crippen LogP contribution in [-0.2, 0) is 0 Å². The Morgan fingerprint density at radius 2 is 2.13 bits per heavy atom. The van der Waals surface area contributed by atoms with Gasteiger partial charge in [-0.1, -0.05) is 19.1 Å². The van der Waals surface area contributed by atoms with Gasteiger partial charge in [0, 0.05) is 6.54 Å². The third-order valence-corrected chi connectivity index (χ3v) is 2.77. The number of methoxy groups -OCH3 is 1. The number of nitrogens with one attached hydrogen (secondary N) is 1. The van der Waals surface area contributed by atoms with E-state index in [9.17, 15) is 0 Å². The molecule has 0 spiro atoms. The van der Waals surface area contributed by atoms with Crippen molar-refractivity contribution in [2.24, 2.45) is 0 Å². The van der Waals surface area contributed by atoms with E-state index in [1.807, 2.05) is 7.05 Å². The highest BCUT2D eigenvalue weighted by atomic mass is 16.5. The van der Waals surface area contributed by atoms with Crippen LogP contribution in [0.5, 0.6) is 5.75 Å². The smallest absolute Gasteiger partial charge is 0.122 e. The average molecular weight is 207 g/mol. The number of rotatable bonds is 5. The van der Waals surface area contributed by atoms with E-state index >= 15 is 0 Å². The number of likely N-dealkylation sites (N-methyl/N-ethyl adjacent to an activating group) is 1. The zero-order valence-corrected chi connectivity index (χ0v) is 10.1. The maximum Gasteiger partial charge on any atom is 0.122 e. The fourth-order valence-electron chi connectivity index (χ4n) is 1.88. The molecule has 0 aliphatic rings. The van der Waals surface area contributed by atoms with E-state index in [1.54, 1.807) is 7.11 Å². The van der Waals surface area contributed by atoms with Crippen molar-refractivity contribution in [3.05, 3.63) is 29.3 Å². The van der Waals surface area contributed by atoms with Gasteiger partial charge < -0.3 is 10.1 Å². The minimum atomic E-state index is 0.533. The first-order chi connectivity index (χ1) is 7.22. The van der Waals surface area contributed by atoms with Crippen LogP contribution >= 0.6 is 0 Å². The predicted molar refractivity (Wildman–Crippen MR) is 64.7 cm³/mol. The Bertz CT molecular complexity index is 309. The Morgan fingerprint density at radius 1 is 1.40 bits per heavy atom. The zero-order valence-electron chi connectivity index (χ0n) is 10.1. The monoisotopic (exact) mass is 207 g/mol. The first-order valence-electron chi connectivity index (χ1n) is 5.52. The minimum Gasteiger partial charge on any atom is -0.496 e. The lowest BCUT2D eigenvalue weighted by Gasteiger charge is -2.18. The standard InChI is InChI=1S/C13H21NO/c1-5-11(9-14-3)12-7-6-10(2)8-13(12)15-4/h6-8,11,14H,5,9H2,1-4H3. The molecule has 0 aliphatic heterocycles. The summed E-state index contributed by atoms with van der Waals surface area (Å²) in [6.07, 6.45) is 1.13. The summed E-state index contributed by atoms with van der Waals surface area (Å²) < 4.78 is 5.43. The van der Waals surface area contributed by atoms with Gasteiger partial charge in [-0.15, -0.1) is 0 Å². The minimum absolute atomic E-state index is 0.533. The molecule has 2 heteroatoms. The molecule has 1 aromatic rings. The molecule has 0 amide bonds. The summed E-state index contributed by atoms with van der Waals surface area (Å²) in [6, 6.07) is 6.43. The Hall–Kier alpha value is -1.02. The van der Waals surface area contributed by atoms with Gasteiger partial charge in [0.2, 0.25) is 0 Å². The van der Waals surface area contributed by atoms with Gasteiger partial charge in [0.15, 0.2) is 0 Å². The summed E-state index contributed by atoms with van der Waals surface area (Å²) in [5, 5.41) is 3.23. The molecule has 0 radical (unpaired) electrons. The molecule has 0 fully saturated rings. The van der Waals surface area contributed by atoms with Gasteiger partial charge in [0.05, 0.1) is 7.11 Å². The largest absolute Gasteiger partial charge is 0.496 e. The van der Waals surface area contributed by atoms with E-state index in [-0.39, 0.29) is 0 Å². The van der Waals surface area contributed by atoms with Gasteiger partial charge in [-0.05, 0) is 43.5 Å². The molecule has 2 nitrogen and oxygen atoms in total. The highest BCUT2D eigenvalue weighted by Crippen LogP contribution is 2.29. The van der Waals surface area contributed by atoms with Crippen molar-refractivity contribution in [1.29, 1.82) is 0 Å². The van der Waals surface area contributed by atoms with E-state index in [0.29, 0.717) is 5.92 Å². The zero-order chi connectivity index (χ0) is 11.3. The van der Waals surface area contributed by atoms with Crippen LogP contribution in [0.25, 0.3) is 0 Å². The van der Waals surface area contributed by atoms with Crippen LogP contribution in [-0.4, -0.2) is 20.7 Å². The second-order valence-electron chi connectivity index (χ2n) is 3.91. The molecule has 0 saturated carbocycles. The Labute approximate surface area is 92.6 Å². The van der Waals surface area contributed by atoms with Crippen molar-refractivity contribution < 1.29 is 4.74 Å². The van der Waals surface area contributed by atoms with Crippen molar-refractivity contribution in [3.63, 3.8) is 0 Å². The molecule has 1 aromatic carbocycles. The molecule has 1 N–H and O–H groups in total. The Balaban J connectivity index is 2.99. The second-order valence-corrected chi connectivity index (χ2v) is 3.91. The average Bonchev–Trinajstić information content (AvgIpc) is 2.26. The normalized spacial score (nSPS) is 12.5. The van der Waals surface area contributed by atoms with Gasteiger partial charge in [0.25, 0.3) is 0 Å². The Kier molecular flexibility index (Phi) is 4.63. The number of aryl methyl sites for hydroxylation is 1. The van der Waals surface area contributed by atoms with Crippen molar-refractivity contribution in [2.45, 2.75) is 26.2 Å². The van der Waals surface area contributed by atoms with E-state index in [2.05, 4.69) is 37.4 Å². The fourth-order valence-corrected chi connectivity index (χ4v) is 1.88. The quantitative estimate of drug-likeness (QED) is 0.801. The summed E-state index contributed by atoms with van der Waals surface area (Å²) in [4.78, 5) is 0. The first-order valence-corrected chi connectivity index (χ1v) is 5.52. The molecular weight excluding hydrogens is 186 g/mol. The maximum absolute atomic E-state index is 5.43. The molecule has 84 valence electrons. The Morgan fingerprint density at radius 3 is 2.67 bits per heavy atom. The fraction of sp³-hybridized carbons (Fsp3) is 0.538. The van der Waals surface area contributed by atoms with E-state index in [4.69, 9.17) is 4.74 Å². The first kappa shape index (κ1) is 12.1. The topological polar surface area (TPSA) is 21.3 Å². The number of benzene rings is 1. The van der Waals surface area contributed by atoms with Gasteiger partial charge in [-0.2, -0.15) is 0 Å². The summed E-state index contributed by atoms with van der Waals surface area (Å²) in [5.41, 5.74) is 2.55. The maximum atomic E-state index is 5.43. The summed E-state index contributed by atoms with van der Waals surface area (Å²) in [6.45, 7) is 5.29. The molecule has 1 atom stereocenters. The van der Waals surface area contributed by atoms with E-state index < -0.39 is 0 Å². The van der Waals surface area contributed by atoms with Crippen LogP contribution < -0.4 is 10.1 Å². The molecule has 1 rings (SSSR count). The van der Waals surface area contributed by atoms with Crippen molar-refractivity contribution in [3.8, 4) is 5.75 Å². The van der Waals surface area contributed by atoms with Crippen LogP contribution in [0, 0.1) is 6.92 Å². The molecule has 0 heterocycles. The number of ether oxygens (including phenoxy) is 1. The highest BCUT2D eigenvalue weighted by Gasteiger charge is 2.13. The number of hydrogen-bond donors (Lipinski definition) is 1. The molecule has 0 saturated heterocycles. The predicted octanol–water partition coefficient (Wildman–Crippen LogP) is 2.72. The highest BCUT2D eigenvalue weighted by molar-refractivity contribution is 5.39. The van der Waals surface area contributed by atoms with Crippen LogP contribution in [0.15, 0.2) is 18.2 Å². The van der Waals surface area contributed by atoms with Gasteiger partial charge in [-0.3, -0.25) is 0 Å². The second kappa shape index (κ2) is 5.76. The van der Waals surface area contributed by atoms with Crippen molar-refractivity contribution in [1.82, 2.24) is 5.32 Å². The lowest BCUT2D eigenvalue weighted by molar-refractivity contribution is 0.403. The molecule has 0 bridgehead atoms.